The van der Waals surface area contributed by atoms with Gasteiger partial charge in [0.1, 0.15) is 0 Å². The van der Waals surface area contributed by atoms with Gasteiger partial charge < -0.3 is 5.32 Å². The van der Waals surface area contributed by atoms with Gasteiger partial charge in [-0.1, -0.05) is 18.2 Å². The van der Waals surface area contributed by atoms with Crippen molar-refractivity contribution in [3.8, 4) is 5.69 Å². The van der Waals surface area contributed by atoms with E-state index in [4.69, 9.17) is 0 Å². The van der Waals surface area contributed by atoms with Crippen LogP contribution in [0.3, 0.4) is 0 Å². The molecule has 0 radical (unpaired) electrons. The van der Waals surface area contributed by atoms with Gasteiger partial charge in [-0.2, -0.15) is 4.68 Å². The number of hydrogen-bond donors (Lipinski definition) is 1. The van der Waals surface area contributed by atoms with Crippen molar-refractivity contribution >= 4 is 5.91 Å². The summed E-state index contributed by atoms with van der Waals surface area (Å²) in [6, 6.07) is 11.4. The predicted molar refractivity (Wildman–Crippen MR) is 93.1 cm³/mol. The van der Waals surface area contributed by atoms with E-state index in [1.165, 1.54) is 0 Å². The molecule has 0 spiro atoms. The van der Waals surface area contributed by atoms with E-state index >= 15 is 0 Å². The number of hydrogen-bond acceptors (Lipinski definition) is 5. The van der Waals surface area contributed by atoms with Crippen molar-refractivity contribution in [2.45, 2.75) is 33.2 Å². The van der Waals surface area contributed by atoms with Crippen molar-refractivity contribution in [2.24, 2.45) is 0 Å². The minimum Gasteiger partial charge on any atom is -0.348 e. The summed E-state index contributed by atoms with van der Waals surface area (Å²) in [5, 5.41) is 14.4. The average molecular weight is 336 g/mol. The van der Waals surface area contributed by atoms with Crippen LogP contribution in [0.4, 0.5) is 0 Å². The van der Waals surface area contributed by atoms with E-state index in [0.717, 1.165) is 22.5 Å². The molecule has 7 heteroatoms. The highest BCUT2D eigenvalue weighted by Gasteiger charge is 2.13. The lowest BCUT2D eigenvalue weighted by Crippen LogP contribution is -2.29. The Morgan fingerprint density at radius 1 is 1.20 bits per heavy atom. The summed E-state index contributed by atoms with van der Waals surface area (Å²) in [4.78, 5) is 16.6. The lowest BCUT2D eigenvalue weighted by molar-refractivity contribution is -0.121. The van der Waals surface area contributed by atoms with E-state index in [9.17, 15) is 4.79 Å². The van der Waals surface area contributed by atoms with Crippen LogP contribution in [0.1, 0.15) is 35.6 Å². The quantitative estimate of drug-likeness (QED) is 0.771. The van der Waals surface area contributed by atoms with Crippen LogP contribution in [-0.4, -0.2) is 31.1 Å². The molecule has 1 atom stereocenters. The van der Waals surface area contributed by atoms with Crippen molar-refractivity contribution in [1.82, 2.24) is 30.5 Å². The monoisotopic (exact) mass is 336 g/mol. The first-order chi connectivity index (χ1) is 12.0. The Labute approximate surface area is 146 Å². The normalized spacial score (nSPS) is 12.0. The molecule has 0 aliphatic rings. The Morgan fingerprint density at radius 2 is 1.96 bits per heavy atom. The SMILES string of the molecule is Cc1cccnc1[C@H](C)NC(=O)Cc1ccc(-n2nnnc2C)cc1. The smallest absolute Gasteiger partial charge is 0.224 e. The summed E-state index contributed by atoms with van der Waals surface area (Å²) >= 11 is 0. The van der Waals surface area contributed by atoms with Crippen LogP contribution in [-0.2, 0) is 11.2 Å². The molecule has 0 aliphatic carbocycles. The number of aryl methyl sites for hydroxylation is 2. The standard InChI is InChI=1S/C18H20N6O/c1-12-5-4-10-19-18(12)13(2)20-17(25)11-15-6-8-16(9-7-15)24-14(3)21-22-23-24/h4-10,13H,11H2,1-3H3,(H,20,25)/t13-/m0/s1. The van der Waals surface area contributed by atoms with Gasteiger partial charge in [0.05, 0.1) is 23.8 Å². The number of amides is 1. The number of rotatable bonds is 5. The van der Waals surface area contributed by atoms with E-state index in [2.05, 4.69) is 25.8 Å². The molecule has 0 saturated carbocycles. The maximum atomic E-state index is 12.3. The van der Waals surface area contributed by atoms with Gasteiger partial charge in [-0.15, -0.1) is 5.10 Å². The maximum Gasteiger partial charge on any atom is 0.224 e. The predicted octanol–water partition coefficient (Wildman–Crippen LogP) is 2.09. The van der Waals surface area contributed by atoms with E-state index in [-0.39, 0.29) is 11.9 Å². The molecule has 3 aromatic rings. The molecule has 0 fully saturated rings. The van der Waals surface area contributed by atoms with Crippen LogP contribution in [0, 0.1) is 13.8 Å². The van der Waals surface area contributed by atoms with E-state index < -0.39 is 0 Å². The van der Waals surface area contributed by atoms with Crippen molar-refractivity contribution in [1.29, 1.82) is 0 Å². The number of aromatic nitrogens is 5. The summed E-state index contributed by atoms with van der Waals surface area (Å²) in [5.74, 6) is 0.675. The molecule has 1 amide bonds. The first-order valence-corrected chi connectivity index (χ1v) is 8.10. The molecule has 0 unspecified atom stereocenters. The molecule has 0 aliphatic heterocycles. The van der Waals surface area contributed by atoms with Crippen LogP contribution >= 0.6 is 0 Å². The second-order valence-corrected chi connectivity index (χ2v) is 5.98. The first kappa shape index (κ1) is 16.8. The summed E-state index contributed by atoms with van der Waals surface area (Å²) in [5.41, 5.74) is 3.75. The van der Waals surface area contributed by atoms with Crippen molar-refractivity contribution in [3.63, 3.8) is 0 Å². The van der Waals surface area contributed by atoms with Crippen LogP contribution in [0.2, 0.25) is 0 Å². The zero-order valence-corrected chi connectivity index (χ0v) is 14.5. The zero-order chi connectivity index (χ0) is 17.8. The zero-order valence-electron chi connectivity index (χ0n) is 14.5. The third-order valence-electron chi connectivity index (χ3n) is 4.01. The summed E-state index contributed by atoms with van der Waals surface area (Å²) in [7, 11) is 0. The lowest BCUT2D eigenvalue weighted by Gasteiger charge is -2.15. The van der Waals surface area contributed by atoms with E-state index in [0.29, 0.717) is 12.2 Å². The van der Waals surface area contributed by atoms with Crippen LogP contribution in [0.15, 0.2) is 42.6 Å². The van der Waals surface area contributed by atoms with E-state index in [1.54, 1.807) is 10.9 Å². The van der Waals surface area contributed by atoms with Crippen LogP contribution < -0.4 is 5.32 Å². The van der Waals surface area contributed by atoms with Crippen molar-refractivity contribution in [2.75, 3.05) is 0 Å². The second kappa shape index (κ2) is 7.21. The van der Waals surface area contributed by atoms with Gasteiger partial charge in [0.2, 0.25) is 5.91 Å². The van der Waals surface area contributed by atoms with Crippen LogP contribution in [0.25, 0.3) is 5.69 Å². The highest BCUT2D eigenvalue weighted by Crippen LogP contribution is 2.14. The minimum absolute atomic E-state index is 0.0380. The lowest BCUT2D eigenvalue weighted by atomic mass is 10.1. The number of benzene rings is 1. The molecule has 2 heterocycles. The third kappa shape index (κ3) is 3.88. The van der Waals surface area contributed by atoms with E-state index in [1.807, 2.05) is 57.2 Å². The molecule has 2 aromatic heterocycles. The van der Waals surface area contributed by atoms with Crippen molar-refractivity contribution in [3.05, 3.63) is 65.2 Å². The van der Waals surface area contributed by atoms with Crippen molar-refractivity contribution < 1.29 is 4.79 Å². The molecule has 0 bridgehead atoms. The molecule has 1 aromatic carbocycles. The molecule has 3 rings (SSSR count). The first-order valence-electron chi connectivity index (χ1n) is 8.10. The highest BCUT2D eigenvalue weighted by molar-refractivity contribution is 5.79. The van der Waals surface area contributed by atoms with Gasteiger partial charge in [0, 0.05) is 6.20 Å². The number of nitrogens with one attached hydrogen (secondary N) is 1. The molecule has 7 nitrogen and oxygen atoms in total. The highest BCUT2D eigenvalue weighted by atomic mass is 16.1. The maximum absolute atomic E-state index is 12.3. The summed E-state index contributed by atoms with van der Waals surface area (Å²) in [6.45, 7) is 5.77. The number of carbonyl (C=O) groups excluding carboxylic acids is 1. The number of tetrazole rings is 1. The molecule has 0 saturated heterocycles. The Kier molecular flexibility index (Phi) is 4.83. The van der Waals surface area contributed by atoms with Gasteiger partial charge in [-0.05, 0) is 60.5 Å². The summed E-state index contributed by atoms with van der Waals surface area (Å²) in [6.07, 6.45) is 2.05. The van der Waals surface area contributed by atoms with Gasteiger partial charge in [0.15, 0.2) is 5.82 Å². The Balaban J connectivity index is 1.63. The van der Waals surface area contributed by atoms with Gasteiger partial charge in [-0.3, -0.25) is 9.78 Å². The third-order valence-corrected chi connectivity index (χ3v) is 4.01. The fraction of sp³-hybridized carbons (Fsp3) is 0.278. The molecule has 128 valence electrons. The second-order valence-electron chi connectivity index (χ2n) is 5.98. The van der Waals surface area contributed by atoms with Crippen LogP contribution in [0.5, 0.6) is 0 Å². The molecule has 25 heavy (non-hydrogen) atoms. The number of carbonyl (C=O) groups is 1. The molecular formula is C18H20N6O. The summed E-state index contributed by atoms with van der Waals surface area (Å²) < 4.78 is 1.65. The Morgan fingerprint density at radius 3 is 2.60 bits per heavy atom. The van der Waals surface area contributed by atoms with Gasteiger partial charge in [-0.25, -0.2) is 0 Å². The van der Waals surface area contributed by atoms with Gasteiger partial charge in [0.25, 0.3) is 0 Å². The minimum atomic E-state index is -0.128. The average Bonchev–Trinajstić information content (AvgIpc) is 3.02. The van der Waals surface area contributed by atoms with Gasteiger partial charge >= 0.3 is 0 Å². The Bertz CT molecular complexity index is 871. The largest absolute Gasteiger partial charge is 0.348 e. The topological polar surface area (TPSA) is 85.6 Å². The number of nitrogens with zero attached hydrogens (tertiary/aromatic N) is 5. The molecular weight excluding hydrogens is 316 g/mol. The number of pyridine rings is 1. The fourth-order valence-electron chi connectivity index (χ4n) is 2.72. The molecule has 1 N–H and O–H groups in total. The fourth-order valence-corrected chi connectivity index (χ4v) is 2.72. The Hall–Kier alpha value is -3.09.